The van der Waals surface area contributed by atoms with Gasteiger partial charge in [0.1, 0.15) is 6.61 Å². The van der Waals surface area contributed by atoms with Crippen molar-refractivity contribution in [1.29, 1.82) is 0 Å². The third-order valence-corrected chi connectivity index (χ3v) is 3.17. The molecule has 1 radical (unpaired) electrons. The molecule has 3 nitrogen and oxygen atoms in total. The van der Waals surface area contributed by atoms with E-state index in [2.05, 4.69) is 6.92 Å². The van der Waals surface area contributed by atoms with Gasteiger partial charge in [0.2, 0.25) is 0 Å². The van der Waals surface area contributed by atoms with E-state index in [4.69, 9.17) is 14.2 Å². The van der Waals surface area contributed by atoms with Crippen LogP contribution in [-0.2, 0) is 14.2 Å². The molecule has 0 saturated carbocycles. The van der Waals surface area contributed by atoms with Crippen LogP contribution in [0.2, 0.25) is 0 Å². The van der Waals surface area contributed by atoms with Crippen molar-refractivity contribution in [2.75, 3.05) is 26.4 Å². The molecule has 2 heterocycles. The summed E-state index contributed by atoms with van der Waals surface area (Å²) in [6.45, 7) is 7.42. The van der Waals surface area contributed by atoms with Gasteiger partial charge in [-0.15, -0.1) is 0 Å². The van der Waals surface area contributed by atoms with Crippen LogP contribution in [0.1, 0.15) is 26.2 Å². The summed E-state index contributed by atoms with van der Waals surface area (Å²) in [5.74, 6) is 0. The van der Waals surface area contributed by atoms with Crippen molar-refractivity contribution < 1.29 is 14.2 Å². The van der Waals surface area contributed by atoms with Crippen LogP contribution in [0.25, 0.3) is 0 Å². The summed E-state index contributed by atoms with van der Waals surface area (Å²) in [6, 6.07) is 0. The second-order valence-electron chi connectivity index (χ2n) is 4.34. The molecule has 2 saturated heterocycles. The molecule has 2 fully saturated rings. The highest BCUT2D eigenvalue weighted by molar-refractivity contribution is 4.85. The van der Waals surface area contributed by atoms with E-state index in [0.29, 0.717) is 0 Å². The Kier molecular flexibility index (Phi) is 3.42. The minimum atomic E-state index is 0.227. The Morgan fingerprint density at radius 1 is 1.50 bits per heavy atom. The van der Waals surface area contributed by atoms with E-state index >= 15 is 0 Å². The molecule has 0 amide bonds. The van der Waals surface area contributed by atoms with Crippen LogP contribution in [0.5, 0.6) is 0 Å². The van der Waals surface area contributed by atoms with Gasteiger partial charge in [0.05, 0.1) is 25.9 Å². The Morgan fingerprint density at radius 3 is 2.86 bits per heavy atom. The maximum atomic E-state index is 5.59. The van der Waals surface area contributed by atoms with E-state index in [-0.39, 0.29) is 11.5 Å². The number of ether oxygens (including phenoxy) is 3. The molecule has 14 heavy (non-hydrogen) atoms. The van der Waals surface area contributed by atoms with E-state index in [1.807, 2.05) is 6.61 Å². The Bertz CT molecular complexity index is 166. The van der Waals surface area contributed by atoms with Crippen LogP contribution in [0.4, 0.5) is 0 Å². The summed E-state index contributed by atoms with van der Waals surface area (Å²) in [4.78, 5) is 0. The van der Waals surface area contributed by atoms with E-state index < -0.39 is 0 Å². The minimum absolute atomic E-state index is 0.227. The second-order valence-corrected chi connectivity index (χ2v) is 4.34. The van der Waals surface area contributed by atoms with E-state index in [1.54, 1.807) is 0 Å². The maximum absolute atomic E-state index is 5.59. The molecule has 1 unspecified atom stereocenters. The van der Waals surface area contributed by atoms with Crippen LogP contribution in [-0.4, -0.2) is 32.5 Å². The Hall–Kier alpha value is -0.120. The quantitative estimate of drug-likeness (QED) is 0.675. The van der Waals surface area contributed by atoms with E-state index in [0.717, 1.165) is 45.7 Å². The molecule has 81 valence electrons. The van der Waals surface area contributed by atoms with Gasteiger partial charge in [-0.3, -0.25) is 0 Å². The predicted octanol–water partition coefficient (Wildman–Crippen LogP) is 1.77. The van der Waals surface area contributed by atoms with Crippen LogP contribution >= 0.6 is 0 Å². The van der Waals surface area contributed by atoms with Crippen LogP contribution in [0.15, 0.2) is 0 Å². The lowest BCUT2D eigenvalue weighted by atomic mass is 9.84. The predicted molar refractivity (Wildman–Crippen MR) is 52.8 cm³/mol. The van der Waals surface area contributed by atoms with Crippen molar-refractivity contribution in [3.63, 3.8) is 0 Å². The minimum Gasteiger partial charge on any atom is -0.380 e. The van der Waals surface area contributed by atoms with Gasteiger partial charge in [-0.25, -0.2) is 0 Å². The first kappa shape index (κ1) is 10.4. The fourth-order valence-corrected chi connectivity index (χ4v) is 1.82. The standard InChI is InChI=1S/C11H19O3/c1-2-11(8-13-9-11)7-12-6-10-4-3-5-14-10/h6,10H,2-5,7-9H2,1H3. The van der Waals surface area contributed by atoms with Crippen molar-refractivity contribution in [2.24, 2.45) is 5.41 Å². The maximum Gasteiger partial charge on any atom is 0.112 e. The second kappa shape index (κ2) is 4.60. The summed E-state index contributed by atoms with van der Waals surface area (Å²) < 4.78 is 16.3. The number of hydrogen-bond acceptors (Lipinski definition) is 3. The SMILES string of the molecule is CCC1(CO[CH]C2CCCO2)COC1. The smallest absolute Gasteiger partial charge is 0.112 e. The molecule has 2 aliphatic rings. The van der Waals surface area contributed by atoms with Gasteiger partial charge in [-0.1, -0.05) is 6.92 Å². The van der Waals surface area contributed by atoms with Crippen molar-refractivity contribution in [3.05, 3.63) is 6.61 Å². The van der Waals surface area contributed by atoms with Crippen molar-refractivity contribution >= 4 is 0 Å². The molecule has 0 aromatic carbocycles. The summed E-state index contributed by atoms with van der Waals surface area (Å²) in [5.41, 5.74) is 0.287. The zero-order valence-corrected chi connectivity index (χ0v) is 8.83. The van der Waals surface area contributed by atoms with Gasteiger partial charge >= 0.3 is 0 Å². The number of hydrogen-bond donors (Lipinski definition) is 0. The van der Waals surface area contributed by atoms with Crippen molar-refractivity contribution in [1.82, 2.24) is 0 Å². The molecule has 0 aromatic rings. The molecule has 2 aliphatic heterocycles. The molecule has 3 heteroatoms. The summed E-state index contributed by atoms with van der Waals surface area (Å²) in [7, 11) is 0. The van der Waals surface area contributed by atoms with Gasteiger partial charge in [-0.05, 0) is 19.3 Å². The molecule has 0 spiro atoms. The highest BCUT2D eigenvalue weighted by atomic mass is 16.5. The molecule has 1 atom stereocenters. The third kappa shape index (κ3) is 2.27. The molecule has 0 N–H and O–H groups in total. The first-order chi connectivity index (χ1) is 6.85. The van der Waals surface area contributed by atoms with Gasteiger partial charge < -0.3 is 14.2 Å². The van der Waals surface area contributed by atoms with E-state index in [1.165, 1.54) is 0 Å². The summed E-state index contributed by atoms with van der Waals surface area (Å²) in [5, 5.41) is 0. The third-order valence-electron chi connectivity index (χ3n) is 3.17. The zero-order chi connectivity index (χ0) is 9.86. The largest absolute Gasteiger partial charge is 0.380 e. The van der Waals surface area contributed by atoms with Gasteiger partial charge in [0.25, 0.3) is 0 Å². The average Bonchev–Trinajstić information content (AvgIpc) is 2.62. The Morgan fingerprint density at radius 2 is 2.36 bits per heavy atom. The molecule has 2 rings (SSSR count). The first-order valence-corrected chi connectivity index (χ1v) is 5.49. The van der Waals surface area contributed by atoms with Crippen molar-refractivity contribution in [2.45, 2.75) is 32.3 Å². The Balaban J connectivity index is 1.61. The monoisotopic (exact) mass is 199 g/mol. The molecule has 0 bridgehead atoms. The van der Waals surface area contributed by atoms with Gasteiger partial charge in [-0.2, -0.15) is 0 Å². The normalized spacial score (nSPS) is 30.2. The fourth-order valence-electron chi connectivity index (χ4n) is 1.82. The average molecular weight is 199 g/mol. The fraction of sp³-hybridized carbons (Fsp3) is 0.909. The highest BCUT2D eigenvalue weighted by Crippen LogP contribution is 2.31. The lowest BCUT2D eigenvalue weighted by Crippen LogP contribution is -2.45. The van der Waals surface area contributed by atoms with Gasteiger partial charge in [0, 0.05) is 12.0 Å². The molecule has 0 aromatic heterocycles. The lowest BCUT2D eigenvalue weighted by molar-refractivity contribution is -0.147. The van der Waals surface area contributed by atoms with Crippen LogP contribution in [0, 0.1) is 12.0 Å². The van der Waals surface area contributed by atoms with Gasteiger partial charge in [0.15, 0.2) is 0 Å². The van der Waals surface area contributed by atoms with Crippen LogP contribution in [0.3, 0.4) is 0 Å². The highest BCUT2D eigenvalue weighted by Gasteiger charge is 2.37. The Labute approximate surface area is 85.7 Å². The zero-order valence-electron chi connectivity index (χ0n) is 8.83. The number of rotatable bonds is 5. The molecular formula is C11H19O3. The summed E-state index contributed by atoms with van der Waals surface area (Å²) >= 11 is 0. The lowest BCUT2D eigenvalue weighted by Gasteiger charge is -2.40. The van der Waals surface area contributed by atoms with Crippen LogP contribution < -0.4 is 0 Å². The molecular weight excluding hydrogens is 180 g/mol. The summed E-state index contributed by atoms with van der Waals surface area (Å²) in [6.07, 6.45) is 3.62. The topological polar surface area (TPSA) is 27.7 Å². The van der Waals surface area contributed by atoms with Crippen molar-refractivity contribution in [3.8, 4) is 0 Å². The molecule has 0 aliphatic carbocycles. The van der Waals surface area contributed by atoms with E-state index in [9.17, 15) is 0 Å². The first-order valence-electron chi connectivity index (χ1n) is 5.49.